The highest BCUT2D eigenvalue weighted by Crippen LogP contribution is 2.42. The van der Waals surface area contributed by atoms with Crippen LogP contribution in [0.1, 0.15) is 0 Å². The smallest absolute Gasteiger partial charge is 0.227 e. The molecule has 0 aliphatic heterocycles. The summed E-state index contributed by atoms with van der Waals surface area (Å²) >= 11 is 1.74. The van der Waals surface area contributed by atoms with E-state index in [-0.39, 0.29) is 0 Å². The van der Waals surface area contributed by atoms with Gasteiger partial charge in [-0.05, 0) is 60.7 Å². The van der Waals surface area contributed by atoms with Gasteiger partial charge < -0.3 is 8.98 Å². The maximum absolute atomic E-state index is 6.14. The van der Waals surface area contributed by atoms with Crippen molar-refractivity contribution in [3.63, 3.8) is 0 Å². The fraction of sp³-hybridized carbons (Fsp3) is 0. The van der Waals surface area contributed by atoms with Crippen molar-refractivity contribution in [3.8, 4) is 51.3 Å². The van der Waals surface area contributed by atoms with Crippen LogP contribution in [-0.4, -0.2) is 24.5 Å². The van der Waals surface area contributed by atoms with E-state index in [9.17, 15) is 0 Å². The van der Waals surface area contributed by atoms with Crippen LogP contribution < -0.4 is 0 Å². The van der Waals surface area contributed by atoms with Gasteiger partial charge in [0.05, 0.1) is 11.0 Å². The van der Waals surface area contributed by atoms with E-state index < -0.39 is 0 Å². The molecule has 0 N–H and O–H groups in total. The van der Waals surface area contributed by atoms with E-state index in [2.05, 4.69) is 108 Å². The van der Waals surface area contributed by atoms with Gasteiger partial charge in [-0.2, -0.15) is 0 Å². The summed E-state index contributed by atoms with van der Waals surface area (Å²) in [6.45, 7) is 0. The lowest BCUT2D eigenvalue weighted by Crippen LogP contribution is -2.00. The van der Waals surface area contributed by atoms with Gasteiger partial charge in [0.2, 0.25) is 5.89 Å². The Bertz CT molecular complexity index is 3150. The predicted molar refractivity (Wildman–Crippen MR) is 216 cm³/mol. The molecular formula is C46H27N5OS. The van der Waals surface area contributed by atoms with Gasteiger partial charge in [0.1, 0.15) is 5.52 Å². The van der Waals surface area contributed by atoms with Crippen LogP contribution in [0.2, 0.25) is 0 Å². The lowest BCUT2D eigenvalue weighted by atomic mass is 10.1. The van der Waals surface area contributed by atoms with Crippen molar-refractivity contribution in [2.45, 2.75) is 0 Å². The average molecular weight is 698 g/mol. The second kappa shape index (κ2) is 11.8. The van der Waals surface area contributed by atoms with Crippen LogP contribution in [0.4, 0.5) is 0 Å². The van der Waals surface area contributed by atoms with Crippen LogP contribution in [0.5, 0.6) is 0 Å². The Morgan fingerprint density at radius 1 is 0.453 bits per heavy atom. The molecule has 0 unspecified atom stereocenters. The maximum Gasteiger partial charge on any atom is 0.227 e. The minimum absolute atomic E-state index is 0.612. The molecule has 53 heavy (non-hydrogen) atoms. The summed E-state index contributed by atoms with van der Waals surface area (Å²) in [5.74, 6) is 2.50. The van der Waals surface area contributed by atoms with Crippen LogP contribution in [0.25, 0.3) is 104 Å². The van der Waals surface area contributed by atoms with Crippen LogP contribution in [0.3, 0.4) is 0 Å². The molecule has 0 aliphatic carbocycles. The summed E-state index contributed by atoms with van der Waals surface area (Å²) in [6.07, 6.45) is 0. The fourth-order valence-electron chi connectivity index (χ4n) is 7.41. The van der Waals surface area contributed by atoms with Crippen LogP contribution in [0.15, 0.2) is 168 Å². The van der Waals surface area contributed by atoms with E-state index in [4.69, 9.17) is 24.4 Å². The summed E-state index contributed by atoms with van der Waals surface area (Å²) < 4.78 is 10.7. The van der Waals surface area contributed by atoms with Gasteiger partial charge in [0.15, 0.2) is 23.1 Å². The first-order chi connectivity index (χ1) is 26.2. The molecular weight excluding hydrogens is 671 g/mol. The SMILES string of the molecule is c1ccc(-c2nc(-c3ccc4c5ccccc5n(-c5ccccc5)c4c3)nc(-c3cccc4c3sc3ccc(-c5nc6ccccc6o5)cc34)n2)cc1. The Kier molecular flexibility index (Phi) is 6.62. The van der Waals surface area contributed by atoms with Crippen molar-refractivity contribution in [2.75, 3.05) is 0 Å². The van der Waals surface area contributed by atoms with Gasteiger partial charge in [-0.25, -0.2) is 19.9 Å². The molecule has 248 valence electrons. The Morgan fingerprint density at radius 3 is 2.02 bits per heavy atom. The number of para-hydroxylation sites is 4. The first kappa shape index (κ1) is 29.7. The molecule has 0 bridgehead atoms. The molecule has 11 aromatic rings. The highest BCUT2D eigenvalue weighted by molar-refractivity contribution is 7.26. The second-order valence-corrected chi connectivity index (χ2v) is 14.1. The first-order valence-corrected chi connectivity index (χ1v) is 18.3. The van der Waals surface area contributed by atoms with Crippen molar-refractivity contribution in [3.05, 3.63) is 164 Å². The number of hydrogen-bond donors (Lipinski definition) is 0. The zero-order chi connectivity index (χ0) is 34.9. The minimum atomic E-state index is 0.612. The number of benzene rings is 7. The molecule has 4 aromatic heterocycles. The molecule has 11 rings (SSSR count). The van der Waals surface area contributed by atoms with Crippen molar-refractivity contribution in [1.82, 2.24) is 24.5 Å². The predicted octanol–water partition coefficient (Wildman–Crippen LogP) is 12.1. The van der Waals surface area contributed by atoms with Crippen molar-refractivity contribution >= 4 is 64.4 Å². The molecule has 6 nitrogen and oxygen atoms in total. The highest BCUT2D eigenvalue weighted by Gasteiger charge is 2.19. The molecule has 0 saturated heterocycles. The van der Waals surface area contributed by atoms with E-state index in [1.807, 2.05) is 60.7 Å². The fourth-order valence-corrected chi connectivity index (χ4v) is 8.60. The summed E-state index contributed by atoms with van der Waals surface area (Å²) in [6, 6.07) is 56.4. The van der Waals surface area contributed by atoms with Gasteiger partial charge >= 0.3 is 0 Å². The van der Waals surface area contributed by atoms with E-state index in [1.54, 1.807) is 11.3 Å². The second-order valence-electron chi connectivity index (χ2n) is 13.1. The molecule has 4 heterocycles. The maximum atomic E-state index is 6.14. The Balaban J connectivity index is 1.10. The standard InChI is InChI=1S/C46H27N5OS/c1-3-12-28(13-4-1)43-48-44(29-22-24-33-32-16-7-9-20-38(32)51(39(33)27-29)31-14-5-2-6-15-31)50-45(49-43)35-18-11-17-34-36-26-30(23-25-41(36)53-42(34)35)46-47-37-19-8-10-21-40(37)52-46/h1-27H. The molecule has 0 saturated carbocycles. The van der Waals surface area contributed by atoms with Crippen LogP contribution in [-0.2, 0) is 0 Å². The topological polar surface area (TPSA) is 69.6 Å². The molecule has 7 heteroatoms. The van der Waals surface area contributed by atoms with E-state index in [0.29, 0.717) is 23.4 Å². The van der Waals surface area contributed by atoms with Crippen molar-refractivity contribution < 1.29 is 4.42 Å². The number of nitrogens with zero attached hydrogens (tertiary/aromatic N) is 5. The first-order valence-electron chi connectivity index (χ1n) is 17.5. The molecule has 0 radical (unpaired) electrons. The summed E-state index contributed by atoms with van der Waals surface area (Å²) in [5, 5.41) is 4.66. The highest BCUT2D eigenvalue weighted by atomic mass is 32.1. The number of fused-ring (bicyclic) bond motifs is 7. The number of rotatable bonds is 5. The summed E-state index contributed by atoms with van der Waals surface area (Å²) in [5.41, 5.74) is 8.74. The number of aromatic nitrogens is 5. The molecule has 0 spiro atoms. The summed E-state index contributed by atoms with van der Waals surface area (Å²) in [4.78, 5) is 20.2. The van der Waals surface area contributed by atoms with Gasteiger partial charge in [-0.1, -0.05) is 103 Å². The van der Waals surface area contributed by atoms with E-state index >= 15 is 0 Å². The van der Waals surface area contributed by atoms with Crippen molar-refractivity contribution in [2.24, 2.45) is 0 Å². The third-order valence-corrected chi connectivity index (χ3v) is 11.1. The molecule has 0 atom stereocenters. The van der Waals surface area contributed by atoms with Crippen LogP contribution >= 0.6 is 11.3 Å². The van der Waals surface area contributed by atoms with E-state index in [1.165, 1.54) is 15.5 Å². The lowest BCUT2D eigenvalue weighted by molar-refractivity contribution is 0.620. The molecule has 0 amide bonds. The molecule has 0 aliphatic rings. The third kappa shape index (κ3) is 4.86. The number of thiophene rings is 1. The zero-order valence-electron chi connectivity index (χ0n) is 28.1. The molecule has 7 aromatic carbocycles. The Hall–Kier alpha value is -6.96. The lowest BCUT2D eigenvalue weighted by Gasteiger charge is -2.10. The van der Waals surface area contributed by atoms with Gasteiger partial charge in [0.25, 0.3) is 0 Å². The van der Waals surface area contributed by atoms with Crippen molar-refractivity contribution in [1.29, 1.82) is 0 Å². The third-order valence-electron chi connectivity index (χ3n) is 9.89. The largest absolute Gasteiger partial charge is 0.436 e. The van der Waals surface area contributed by atoms with E-state index in [0.717, 1.165) is 65.5 Å². The monoisotopic (exact) mass is 697 g/mol. The normalized spacial score (nSPS) is 11.8. The van der Waals surface area contributed by atoms with Gasteiger partial charge in [0, 0.05) is 58.9 Å². The quantitative estimate of drug-likeness (QED) is 0.179. The zero-order valence-corrected chi connectivity index (χ0v) is 29.0. The summed E-state index contributed by atoms with van der Waals surface area (Å²) in [7, 11) is 0. The Morgan fingerprint density at radius 2 is 1.15 bits per heavy atom. The number of oxazole rings is 1. The molecule has 0 fully saturated rings. The van der Waals surface area contributed by atoms with Gasteiger partial charge in [-0.3, -0.25) is 0 Å². The Labute approximate surface area is 307 Å². The average Bonchev–Trinajstić information content (AvgIpc) is 3.93. The number of hydrogen-bond acceptors (Lipinski definition) is 6. The van der Waals surface area contributed by atoms with Gasteiger partial charge in [-0.15, -0.1) is 11.3 Å². The minimum Gasteiger partial charge on any atom is -0.436 e. The van der Waals surface area contributed by atoms with Crippen LogP contribution in [0, 0.1) is 0 Å².